The van der Waals surface area contributed by atoms with E-state index in [-0.39, 0.29) is 0 Å². The topological polar surface area (TPSA) is 25.4 Å². The van der Waals surface area contributed by atoms with Crippen molar-refractivity contribution in [1.82, 2.24) is 4.98 Å². The minimum atomic E-state index is 0.453. The average Bonchev–Trinajstić information content (AvgIpc) is 2.36. The fourth-order valence-electron chi connectivity index (χ4n) is 1.79. The standard InChI is InChI=1S/C14H15ClN2O/c1-4-11(9-10(2)15)12-5-6-13-14(16-12)17(3)7-8-18-13/h4-6,9H,1-2,7-8H2,3H3/b11-9+. The van der Waals surface area contributed by atoms with E-state index in [1.165, 1.54) is 0 Å². The van der Waals surface area contributed by atoms with Gasteiger partial charge in [-0.05, 0) is 18.2 Å². The van der Waals surface area contributed by atoms with Crippen LogP contribution >= 0.6 is 11.6 Å². The quantitative estimate of drug-likeness (QED) is 0.782. The molecule has 0 unspecified atom stereocenters. The van der Waals surface area contributed by atoms with Gasteiger partial charge in [0.05, 0.1) is 12.2 Å². The molecule has 1 aliphatic rings. The minimum Gasteiger partial charge on any atom is -0.488 e. The Bertz CT molecular complexity index is 523. The van der Waals surface area contributed by atoms with Crippen molar-refractivity contribution in [3.63, 3.8) is 0 Å². The van der Waals surface area contributed by atoms with Crippen LogP contribution in [0.2, 0.25) is 0 Å². The fourth-order valence-corrected chi connectivity index (χ4v) is 1.90. The summed E-state index contributed by atoms with van der Waals surface area (Å²) in [6.45, 7) is 8.94. The lowest BCUT2D eigenvalue weighted by Gasteiger charge is -2.26. The largest absolute Gasteiger partial charge is 0.488 e. The third kappa shape index (κ3) is 2.57. The Morgan fingerprint density at radius 1 is 1.56 bits per heavy atom. The summed E-state index contributed by atoms with van der Waals surface area (Å²) >= 11 is 5.79. The van der Waals surface area contributed by atoms with Gasteiger partial charge in [-0.3, -0.25) is 0 Å². The fraction of sp³-hybridized carbons (Fsp3) is 0.214. The van der Waals surface area contributed by atoms with Crippen molar-refractivity contribution >= 4 is 23.0 Å². The summed E-state index contributed by atoms with van der Waals surface area (Å²) in [4.78, 5) is 6.65. The second-order valence-electron chi connectivity index (χ2n) is 4.04. The maximum absolute atomic E-state index is 5.79. The summed E-state index contributed by atoms with van der Waals surface area (Å²) in [5, 5.41) is 0.453. The molecular weight excluding hydrogens is 248 g/mol. The second kappa shape index (κ2) is 5.27. The van der Waals surface area contributed by atoms with Gasteiger partial charge in [0, 0.05) is 17.7 Å². The number of ether oxygens (including phenoxy) is 1. The number of fused-ring (bicyclic) bond motifs is 1. The first-order valence-electron chi connectivity index (χ1n) is 5.65. The van der Waals surface area contributed by atoms with Crippen molar-refractivity contribution in [2.75, 3.05) is 25.1 Å². The van der Waals surface area contributed by atoms with Crippen molar-refractivity contribution in [2.45, 2.75) is 0 Å². The van der Waals surface area contributed by atoms with E-state index in [2.05, 4.69) is 23.0 Å². The Morgan fingerprint density at radius 2 is 2.33 bits per heavy atom. The molecule has 94 valence electrons. The molecule has 0 saturated carbocycles. The maximum atomic E-state index is 5.79. The molecule has 18 heavy (non-hydrogen) atoms. The average molecular weight is 263 g/mol. The van der Waals surface area contributed by atoms with Gasteiger partial charge in [-0.25, -0.2) is 4.98 Å². The van der Waals surface area contributed by atoms with Gasteiger partial charge in [0.25, 0.3) is 0 Å². The maximum Gasteiger partial charge on any atom is 0.171 e. The molecule has 0 amide bonds. The highest BCUT2D eigenvalue weighted by molar-refractivity contribution is 6.31. The second-order valence-corrected chi connectivity index (χ2v) is 4.52. The van der Waals surface area contributed by atoms with Crippen LogP contribution in [0.25, 0.3) is 5.57 Å². The van der Waals surface area contributed by atoms with Crippen molar-refractivity contribution < 1.29 is 4.74 Å². The summed E-state index contributed by atoms with van der Waals surface area (Å²) in [6, 6.07) is 3.81. The molecule has 2 heterocycles. The zero-order chi connectivity index (χ0) is 13.1. The van der Waals surface area contributed by atoms with Crippen LogP contribution in [0.5, 0.6) is 5.75 Å². The molecule has 1 aliphatic heterocycles. The molecule has 0 saturated heterocycles. The van der Waals surface area contributed by atoms with Gasteiger partial charge in [-0.1, -0.05) is 30.8 Å². The number of hydrogen-bond acceptors (Lipinski definition) is 3. The summed E-state index contributed by atoms with van der Waals surface area (Å²) in [7, 11) is 2.00. The van der Waals surface area contributed by atoms with E-state index in [1.54, 1.807) is 12.2 Å². The first kappa shape index (κ1) is 12.7. The molecule has 0 atom stereocenters. The van der Waals surface area contributed by atoms with Crippen LogP contribution in [0.3, 0.4) is 0 Å². The van der Waals surface area contributed by atoms with Gasteiger partial charge >= 0.3 is 0 Å². The van der Waals surface area contributed by atoms with Crippen LogP contribution in [0.1, 0.15) is 5.69 Å². The van der Waals surface area contributed by atoms with Gasteiger partial charge in [-0.15, -0.1) is 0 Å². The first-order chi connectivity index (χ1) is 8.61. The van der Waals surface area contributed by atoms with Gasteiger partial charge in [0.15, 0.2) is 11.6 Å². The molecule has 0 spiro atoms. The number of aromatic nitrogens is 1. The van der Waals surface area contributed by atoms with Gasteiger partial charge < -0.3 is 9.64 Å². The Labute approximate surface area is 112 Å². The summed E-state index contributed by atoms with van der Waals surface area (Å²) in [5.74, 6) is 1.65. The lowest BCUT2D eigenvalue weighted by Crippen LogP contribution is -2.29. The lowest BCUT2D eigenvalue weighted by molar-refractivity contribution is 0.309. The number of nitrogens with zero attached hydrogens (tertiary/aromatic N) is 2. The normalized spacial score (nSPS) is 14.8. The van der Waals surface area contributed by atoms with E-state index in [9.17, 15) is 0 Å². The summed E-state index contributed by atoms with van der Waals surface area (Å²) in [6.07, 6.45) is 3.46. The molecule has 3 nitrogen and oxygen atoms in total. The van der Waals surface area contributed by atoms with Crippen molar-refractivity contribution in [3.8, 4) is 5.75 Å². The van der Waals surface area contributed by atoms with Gasteiger partial charge in [-0.2, -0.15) is 0 Å². The van der Waals surface area contributed by atoms with Crippen LogP contribution in [0.15, 0.2) is 42.5 Å². The van der Waals surface area contributed by atoms with E-state index < -0.39 is 0 Å². The molecule has 0 radical (unpaired) electrons. The lowest BCUT2D eigenvalue weighted by atomic mass is 10.1. The minimum absolute atomic E-state index is 0.453. The Hall–Kier alpha value is -1.74. The SMILES string of the molecule is C=C/C(=C\C(=C)Cl)c1ccc2c(n1)N(C)CCO2. The molecule has 1 aromatic heterocycles. The van der Waals surface area contributed by atoms with Crippen LogP contribution in [0.4, 0.5) is 5.82 Å². The molecule has 0 aromatic carbocycles. The Morgan fingerprint density at radius 3 is 3.00 bits per heavy atom. The smallest absolute Gasteiger partial charge is 0.171 e. The number of likely N-dealkylation sites (N-methyl/N-ethyl adjacent to an activating group) is 1. The third-order valence-electron chi connectivity index (χ3n) is 2.71. The molecule has 0 aliphatic carbocycles. The summed E-state index contributed by atoms with van der Waals surface area (Å²) in [5.41, 5.74) is 1.65. The van der Waals surface area contributed by atoms with E-state index >= 15 is 0 Å². The number of anilines is 1. The zero-order valence-corrected chi connectivity index (χ0v) is 11.1. The van der Waals surface area contributed by atoms with Crippen LogP contribution in [-0.4, -0.2) is 25.2 Å². The number of hydrogen-bond donors (Lipinski definition) is 0. The first-order valence-corrected chi connectivity index (χ1v) is 6.03. The van der Waals surface area contributed by atoms with E-state index in [0.717, 1.165) is 29.4 Å². The Kier molecular flexibility index (Phi) is 3.72. The van der Waals surface area contributed by atoms with E-state index in [1.807, 2.05) is 19.2 Å². The molecule has 4 heteroatoms. The number of rotatable bonds is 3. The predicted molar refractivity (Wildman–Crippen MR) is 76.2 cm³/mol. The molecule has 0 fully saturated rings. The highest BCUT2D eigenvalue weighted by Gasteiger charge is 2.17. The zero-order valence-electron chi connectivity index (χ0n) is 10.3. The van der Waals surface area contributed by atoms with E-state index in [4.69, 9.17) is 16.3 Å². The van der Waals surface area contributed by atoms with E-state index in [0.29, 0.717) is 11.6 Å². The number of halogens is 1. The molecule has 1 aromatic rings. The molecule has 2 rings (SSSR count). The number of allylic oxidation sites excluding steroid dienone is 4. The Balaban J connectivity index is 2.44. The van der Waals surface area contributed by atoms with Crippen molar-refractivity contribution in [2.24, 2.45) is 0 Å². The van der Waals surface area contributed by atoms with Crippen LogP contribution in [-0.2, 0) is 0 Å². The van der Waals surface area contributed by atoms with Gasteiger partial charge in [0.2, 0.25) is 0 Å². The van der Waals surface area contributed by atoms with Gasteiger partial charge in [0.1, 0.15) is 6.61 Å². The van der Waals surface area contributed by atoms with Crippen LogP contribution < -0.4 is 9.64 Å². The van der Waals surface area contributed by atoms with Crippen LogP contribution in [0, 0.1) is 0 Å². The molecule has 0 bridgehead atoms. The van der Waals surface area contributed by atoms with Crippen molar-refractivity contribution in [3.05, 3.63) is 48.2 Å². The molecular formula is C14H15ClN2O. The van der Waals surface area contributed by atoms with Crippen molar-refractivity contribution in [1.29, 1.82) is 0 Å². The highest BCUT2D eigenvalue weighted by atomic mass is 35.5. The summed E-state index contributed by atoms with van der Waals surface area (Å²) < 4.78 is 5.55. The third-order valence-corrected chi connectivity index (χ3v) is 2.82. The monoisotopic (exact) mass is 262 g/mol. The predicted octanol–water partition coefficient (Wildman–Crippen LogP) is 3.23. The molecule has 0 N–H and O–H groups in total. The highest BCUT2D eigenvalue weighted by Crippen LogP contribution is 2.30. The number of pyridine rings is 1.